The van der Waals surface area contributed by atoms with E-state index in [2.05, 4.69) is 6.92 Å². The molecule has 0 N–H and O–H groups in total. The molecule has 0 aliphatic carbocycles. The van der Waals surface area contributed by atoms with Crippen LogP contribution in [-0.2, 0) is 0 Å². The fourth-order valence-electron chi connectivity index (χ4n) is 1.06. The molecule has 0 saturated carbocycles. The first kappa shape index (κ1) is 7.21. The zero-order valence-electron chi connectivity index (χ0n) is 6.45. The standard InChI is InChI=1S/C8H8NO3/c1-6-4-7-8(5-9(6)10)12-3-2-11-7/h4-5H,1-3H2. The highest BCUT2D eigenvalue weighted by Gasteiger charge is 2.16. The van der Waals surface area contributed by atoms with E-state index in [0.717, 1.165) is 0 Å². The van der Waals surface area contributed by atoms with Gasteiger partial charge >= 0.3 is 0 Å². The number of hydrogen-bond donors (Lipinski definition) is 0. The first-order chi connectivity index (χ1) is 5.77. The molecule has 63 valence electrons. The number of aromatic nitrogens is 1. The maximum absolute atomic E-state index is 11.0. The van der Waals surface area contributed by atoms with Gasteiger partial charge in [-0.15, -0.1) is 0 Å². The van der Waals surface area contributed by atoms with Crippen molar-refractivity contribution in [2.45, 2.75) is 0 Å². The lowest BCUT2D eigenvalue weighted by atomic mass is 10.3. The summed E-state index contributed by atoms with van der Waals surface area (Å²) in [5.74, 6) is 1.09. The third-order valence-electron chi connectivity index (χ3n) is 1.66. The smallest absolute Gasteiger partial charge is 0.227 e. The Hall–Kier alpha value is -1.45. The third-order valence-corrected chi connectivity index (χ3v) is 1.66. The highest BCUT2D eigenvalue weighted by molar-refractivity contribution is 5.38. The average Bonchev–Trinajstić information content (AvgIpc) is 2.07. The van der Waals surface area contributed by atoms with E-state index in [1.807, 2.05) is 0 Å². The topological polar surface area (TPSA) is 45.4 Å². The molecule has 2 heterocycles. The Morgan fingerprint density at radius 2 is 2.00 bits per heavy atom. The summed E-state index contributed by atoms with van der Waals surface area (Å²) in [6.07, 6.45) is 1.33. The molecule has 1 aromatic heterocycles. The van der Waals surface area contributed by atoms with Crippen molar-refractivity contribution in [3.63, 3.8) is 0 Å². The van der Waals surface area contributed by atoms with Crippen molar-refractivity contribution in [3.05, 3.63) is 30.1 Å². The first-order valence-electron chi connectivity index (χ1n) is 3.62. The van der Waals surface area contributed by atoms with E-state index in [1.165, 1.54) is 6.20 Å². The summed E-state index contributed by atoms with van der Waals surface area (Å²) in [4.78, 5) is 0. The third kappa shape index (κ3) is 1.05. The number of hydrogen-bond acceptors (Lipinski definition) is 3. The van der Waals surface area contributed by atoms with E-state index in [4.69, 9.17) is 9.47 Å². The van der Waals surface area contributed by atoms with E-state index < -0.39 is 0 Å². The molecule has 4 heteroatoms. The lowest BCUT2D eigenvalue weighted by molar-refractivity contribution is -0.610. The van der Waals surface area contributed by atoms with Crippen LogP contribution in [0.5, 0.6) is 11.5 Å². The Kier molecular flexibility index (Phi) is 1.53. The van der Waals surface area contributed by atoms with Gasteiger partial charge in [0.15, 0.2) is 11.4 Å². The molecule has 0 unspecified atom stereocenters. The molecule has 0 aromatic carbocycles. The molecule has 0 spiro atoms. The van der Waals surface area contributed by atoms with E-state index in [-0.39, 0.29) is 0 Å². The second-order valence-electron chi connectivity index (χ2n) is 2.52. The maximum Gasteiger partial charge on any atom is 0.227 e. The van der Waals surface area contributed by atoms with Gasteiger partial charge in [-0.3, -0.25) is 0 Å². The van der Waals surface area contributed by atoms with Crippen LogP contribution in [0.4, 0.5) is 0 Å². The predicted octanol–water partition coefficient (Wildman–Crippen LogP) is 0.273. The summed E-state index contributed by atoms with van der Waals surface area (Å²) in [6.45, 7) is 4.56. The van der Waals surface area contributed by atoms with Crippen LogP contribution < -0.4 is 14.2 Å². The quantitative estimate of drug-likeness (QED) is 0.410. The maximum atomic E-state index is 11.0. The molecule has 12 heavy (non-hydrogen) atoms. The summed E-state index contributed by atoms with van der Waals surface area (Å²) in [5.41, 5.74) is 0.360. The van der Waals surface area contributed by atoms with Crippen LogP contribution in [0.2, 0.25) is 0 Å². The van der Waals surface area contributed by atoms with Crippen molar-refractivity contribution in [3.8, 4) is 11.5 Å². The molecular formula is C8H8NO3. The van der Waals surface area contributed by atoms with Crippen molar-refractivity contribution >= 4 is 0 Å². The van der Waals surface area contributed by atoms with Gasteiger partial charge in [0.25, 0.3) is 0 Å². The molecule has 1 aliphatic rings. The van der Waals surface area contributed by atoms with Crippen molar-refractivity contribution in [1.82, 2.24) is 0 Å². The predicted molar refractivity (Wildman–Crippen MR) is 40.9 cm³/mol. The second kappa shape index (κ2) is 2.55. The minimum atomic E-state index is 0.360. The molecule has 0 amide bonds. The summed E-state index contributed by atoms with van der Waals surface area (Å²) in [5, 5.41) is 11.0. The van der Waals surface area contributed by atoms with Crippen LogP contribution in [0.25, 0.3) is 0 Å². The second-order valence-corrected chi connectivity index (χ2v) is 2.52. The Morgan fingerprint density at radius 1 is 1.33 bits per heavy atom. The highest BCUT2D eigenvalue weighted by atomic mass is 16.6. The van der Waals surface area contributed by atoms with Crippen molar-refractivity contribution < 1.29 is 14.2 Å². The van der Waals surface area contributed by atoms with Gasteiger partial charge in [-0.25, -0.2) is 0 Å². The molecule has 1 aromatic rings. The van der Waals surface area contributed by atoms with Crippen LogP contribution >= 0.6 is 0 Å². The molecule has 4 nitrogen and oxygen atoms in total. The molecule has 1 aliphatic heterocycles. The van der Waals surface area contributed by atoms with Crippen molar-refractivity contribution in [1.29, 1.82) is 0 Å². The normalized spacial score (nSPS) is 14.4. The van der Waals surface area contributed by atoms with E-state index in [1.54, 1.807) is 6.07 Å². The summed E-state index contributed by atoms with van der Waals surface area (Å²) in [6, 6.07) is 1.57. The summed E-state index contributed by atoms with van der Waals surface area (Å²) in [7, 11) is 0. The summed E-state index contributed by atoms with van der Waals surface area (Å²) < 4.78 is 11.1. The van der Waals surface area contributed by atoms with E-state index in [9.17, 15) is 5.21 Å². The SMILES string of the molecule is [CH2]c1cc2c(c[n+]1[O-])OCCO2. The van der Waals surface area contributed by atoms with Gasteiger partial charge in [0.05, 0.1) is 6.07 Å². The van der Waals surface area contributed by atoms with Crippen LogP contribution in [0.3, 0.4) is 0 Å². The van der Waals surface area contributed by atoms with Crippen LogP contribution in [0.1, 0.15) is 5.69 Å². The average molecular weight is 166 g/mol. The fourth-order valence-corrected chi connectivity index (χ4v) is 1.06. The van der Waals surface area contributed by atoms with Gasteiger partial charge in [-0.2, -0.15) is 4.73 Å². The van der Waals surface area contributed by atoms with Gasteiger partial charge < -0.3 is 14.7 Å². The lowest BCUT2D eigenvalue weighted by Gasteiger charge is -2.17. The zero-order chi connectivity index (χ0) is 8.55. The van der Waals surface area contributed by atoms with Gasteiger partial charge in [-0.1, -0.05) is 0 Å². The zero-order valence-corrected chi connectivity index (χ0v) is 6.45. The molecule has 2 rings (SSSR count). The van der Waals surface area contributed by atoms with E-state index in [0.29, 0.717) is 35.1 Å². The molecule has 0 saturated heterocycles. The highest BCUT2D eigenvalue weighted by Crippen LogP contribution is 2.28. The molecule has 0 fully saturated rings. The van der Waals surface area contributed by atoms with Crippen molar-refractivity contribution in [2.24, 2.45) is 0 Å². The number of nitrogens with zero attached hydrogens (tertiary/aromatic N) is 1. The summed E-state index contributed by atoms with van der Waals surface area (Å²) >= 11 is 0. The minimum Gasteiger partial charge on any atom is -0.618 e. The monoisotopic (exact) mass is 166 g/mol. The minimum absolute atomic E-state index is 0.360. The number of pyridine rings is 1. The Labute approximate surface area is 69.9 Å². The number of fused-ring (bicyclic) bond motifs is 1. The molecule has 1 radical (unpaired) electrons. The largest absolute Gasteiger partial charge is 0.618 e. The Balaban J connectivity index is 2.49. The fraction of sp³-hybridized carbons (Fsp3) is 0.250. The van der Waals surface area contributed by atoms with Crippen LogP contribution in [0.15, 0.2) is 12.3 Å². The van der Waals surface area contributed by atoms with Gasteiger partial charge in [0.2, 0.25) is 11.9 Å². The van der Waals surface area contributed by atoms with E-state index >= 15 is 0 Å². The first-order valence-corrected chi connectivity index (χ1v) is 3.62. The Bertz CT molecular complexity index is 280. The van der Waals surface area contributed by atoms with Crippen molar-refractivity contribution in [2.75, 3.05) is 13.2 Å². The van der Waals surface area contributed by atoms with Gasteiger partial charge in [-0.05, 0) is 0 Å². The molecule has 0 atom stereocenters. The van der Waals surface area contributed by atoms with Crippen LogP contribution in [0, 0.1) is 12.1 Å². The Morgan fingerprint density at radius 3 is 2.75 bits per heavy atom. The van der Waals surface area contributed by atoms with Crippen LogP contribution in [-0.4, -0.2) is 13.2 Å². The molecular weight excluding hydrogens is 158 g/mol. The number of rotatable bonds is 0. The van der Waals surface area contributed by atoms with Gasteiger partial charge in [0, 0.05) is 6.92 Å². The lowest BCUT2D eigenvalue weighted by Crippen LogP contribution is -2.31. The molecule has 0 bridgehead atoms. The number of ether oxygens (including phenoxy) is 2. The van der Waals surface area contributed by atoms with Gasteiger partial charge in [0.1, 0.15) is 13.2 Å².